The van der Waals surface area contributed by atoms with Crippen molar-refractivity contribution in [3.63, 3.8) is 0 Å². The molecule has 72 valence electrons. The van der Waals surface area contributed by atoms with Crippen molar-refractivity contribution in [1.82, 2.24) is 9.62 Å². The molecule has 4 nitrogen and oxygen atoms in total. The van der Waals surface area contributed by atoms with E-state index in [-0.39, 0.29) is 5.75 Å². The van der Waals surface area contributed by atoms with Crippen LogP contribution in [0.5, 0.6) is 0 Å². The van der Waals surface area contributed by atoms with Crippen molar-refractivity contribution in [2.45, 2.75) is 0 Å². The van der Waals surface area contributed by atoms with Gasteiger partial charge in [-0.15, -0.1) is 0 Å². The first-order valence-corrected chi connectivity index (χ1v) is 5.52. The summed E-state index contributed by atoms with van der Waals surface area (Å²) >= 11 is 0. The summed E-state index contributed by atoms with van der Waals surface area (Å²) in [4.78, 5) is 0. The summed E-state index contributed by atoms with van der Waals surface area (Å²) in [5.74, 6) is -0.382. The van der Waals surface area contributed by atoms with Crippen LogP contribution in [0.4, 0.5) is 4.39 Å². The Labute approximate surface area is 71.8 Å². The Hall–Kier alpha value is -0.200. The van der Waals surface area contributed by atoms with Gasteiger partial charge in [0.15, 0.2) is 0 Å². The Morgan fingerprint density at radius 1 is 1.33 bits per heavy atom. The summed E-state index contributed by atoms with van der Waals surface area (Å²) in [6.45, 7) is 1.44. The van der Waals surface area contributed by atoms with E-state index in [1.54, 1.807) is 0 Å². The molecule has 0 radical (unpaired) electrons. The highest BCUT2D eigenvalue weighted by molar-refractivity contribution is 7.89. The topological polar surface area (TPSA) is 49.4 Å². The van der Waals surface area contributed by atoms with E-state index in [4.69, 9.17) is 0 Å². The summed E-state index contributed by atoms with van der Waals surface area (Å²) in [5, 5.41) is 3.03. The molecule has 0 aromatic rings. The molecule has 0 atom stereocenters. The molecule has 0 unspecified atom stereocenters. The van der Waals surface area contributed by atoms with Gasteiger partial charge in [-0.2, -0.15) is 4.31 Å². The molecule has 0 spiro atoms. The van der Waals surface area contributed by atoms with Crippen molar-refractivity contribution in [2.75, 3.05) is 38.6 Å². The van der Waals surface area contributed by atoms with E-state index in [1.165, 1.54) is 4.31 Å². The van der Waals surface area contributed by atoms with Gasteiger partial charge in [-0.25, -0.2) is 12.8 Å². The monoisotopic (exact) mass is 196 g/mol. The number of rotatable bonds is 3. The normalized spacial score (nSPS) is 21.1. The third kappa shape index (κ3) is 2.40. The number of nitrogens with zero attached hydrogens (tertiary/aromatic N) is 1. The average molecular weight is 196 g/mol. The predicted molar refractivity (Wildman–Crippen MR) is 44.2 cm³/mol. The molecule has 0 amide bonds. The number of hydrogen-bond acceptors (Lipinski definition) is 3. The van der Waals surface area contributed by atoms with Crippen LogP contribution in [0.2, 0.25) is 0 Å². The van der Waals surface area contributed by atoms with E-state index in [2.05, 4.69) is 5.32 Å². The van der Waals surface area contributed by atoms with Gasteiger partial charge >= 0.3 is 0 Å². The second-order valence-electron chi connectivity index (χ2n) is 2.65. The molecule has 1 aliphatic rings. The Bertz CT molecular complexity index is 224. The molecule has 0 aromatic heterocycles. The molecule has 0 saturated carbocycles. The van der Waals surface area contributed by atoms with Crippen molar-refractivity contribution in [3.05, 3.63) is 0 Å². The van der Waals surface area contributed by atoms with E-state index in [0.29, 0.717) is 26.2 Å². The summed E-state index contributed by atoms with van der Waals surface area (Å²) in [5.41, 5.74) is 0. The minimum atomic E-state index is -3.32. The molecule has 1 saturated heterocycles. The number of sulfonamides is 1. The highest BCUT2D eigenvalue weighted by atomic mass is 32.2. The van der Waals surface area contributed by atoms with Gasteiger partial charge in [-0.3, -0.25) is 0 Å². The molecule has 0 bridgehead atoms. The maximum atomic E-state index is 11.8. The fourth-order valence-corrected chi connectivity index (χ4v) is 2.34. The van der Waals surface area contributed by atoms with Gasteiger partial charge in [-0.1, -0.05) is 0 Å². The Morgan fingerprint density at radius 3 is 2.42 bits per heavy atom. The molecule has 1 N–H and O–H groups in total. The lowest BCUT2D eigenvalue weighted by Gasteiger charge is -2.25. The quantitative estimate of drug-likeness (QED) is 0.642. The average Bonchev–Trinajstić information content (AvgIpc) is 2.06. The van der Waals surface area contributed by atoms with E-state index in [0.717, 1.165) is 0 Å². The van der Waals surface area contributed by atoms with Crippen LogP contribution < -0.4 is 5.32 Å². The van der Waals surface area contributed by atoms with Gasteiger partial charge in [-0.05, 0) is 0 Å². The summed E-state index contributed by atoms with van der Waals surface area (Å²) in [6, 6.07) is 0. The van der Waals surface area contributed by atoms with E-state index >= 15 is 0 Å². The maximum Gasteiger partial charge on any atom is 0.216 e. The van der Waals surface area contributed by atoms with Crippen molar-refractivity contribution in [2.24, 2.45) is 0 Å². The highest BCUT2D eigenvalue weighted by Crippen LogP contribution is 2.02. The molecule has 1 fully saturated rings. The molecular formula is C6H13FN2O2S. The third-order valence-corrected chi connectivity index (χ3v) is 3.63. The Morgan fingerprint density at radius 2 is 1.92 bits per heavy atom. The van der Waals surface area contributed by atoms with Crippen LogP contribution in [0.25, 0.3) is 0 Å². The molecule has 1 aliphatic heterocycles. The van der Waals surface area contributed by atoms with Crippen LogP contribution in [0.1, 0.15) is 0 Å². The standard InChI is InChI=1S/C6H13FN2O2S/c7-1-6-12(10,11)9-4-2-8-3-5-9/h8H,1-6H2. The van der Waals surface area contributed by atoms with Crippen molar-refractivity contribution in [1.29, 1.82) is 0 Å². The first-order valence-electron chi connectivity index (χ1n) is 3.91. The summed E-state index contributed by atoms with van der Waals surface area (Å²) in [6.07, 6.45) is 0. The number of hydrogen-bond donors (Lipinski definition) is 1. The summed E-state index contributed by atoms with van der Waals surface area (Å²) < 4.78 is 35.6. The third-order valence-electron chi connectivity index (χ3n) is 1.80. The van der Waals surface area contributed by atoms with Crippen LogP contribution in [0.3, 0.4) is 0 Å². The van der Waals surface area contributed by atoms with E-state index < -0.39 is 16.7 Å². The zero-order valence-corrected chi connectivity index (χ0v) is 7.61. The van der Waals surface area contributed by atoms with Crippen molar-refractivity contribution >= 4 is 10.0 Å². The molecule has 6 heteroatoms. The van der Waals surface area contributed by atoms with E-state index in [9.17, 15) is 12.8 Å². The Balaban J connectivity index is 2.54. The fourth-order valence-electron chi connectivity index (χ4n) is 1.15. The Kier molecular flexibility index (Phi) is 3.42. The predicted octanol–water partition coefficient (Wildman–Crippen LogP) is -0.809. The zero-order chi connectivity index (χ0) is 9.03. The van der Waals surface area contributed by atoms with Gasteiger partial charge in [0.25, 0.3) is 0 Å². The molecule has 1 rings (SSSR count). The van der Waals surface area contributed by atoms with Gasteiger partial charge in [0.1, 0.15) is 6.67 Å². The van der Waals surface area contributed by atoms with Crippen LogP contribution in [-0.4, -0.2) is 51.3 Å². The lowest BCUT2D eigenvalue weighted by atomic mass is 10.4. The van der Waals surface area contributed by atoms with E-state index in [1.807, 2.05) is 0 Å². The minimum Gasteiger partial charge on any atom is -0.314 e. The number of piperazine rings is 1. The highest BCUT2D eigenvalue weighted by Gasteiger charge is 2.22. The number of halogens is 1. The molecule has 0 aromatic carbocycles. The van der Waals surface area contributed by atoms with Gasteiger partial charge < -0.3 is 5.32 Å². The maximum absolute atomic E-state index is 11.8. The van der Waals surface area contributed by atoms with Gasteiger partial charge in [0.2, 0.25) is 10.0 Å². The van der Waals surface area contributed by atoms with Gasteiger partial charge in [0.05, 0.1) is 5.75 Å². The smallest absolute Gasteiger partial charge is 0.216 e. The zero-order valence-electron chi connectivity index (χ0n) is 6.79. The first kappa shape index (κ1) is 9.88. The fraction of sp³-hybridized carbons (Fsp3) is 1.00. The van der Waals surface area contributed by atoms with Crippen molar-refractivity contribution < 1.29 is 12.8 Å². The lowest BCUT2D eigenvalue weighted by Crippen LogP contribution is -2.47. The van der Waals surface area contributed by atoms with Gasteiger partial charge in [0, 0.05) is 26.2 Å². The number of nitrogens with one attached hydrogen (secondary N) is 1. The van der Waals surface area contributed by atoms with Crippen LogP contribution >= 0.6 is 0 Å². The van der Waals surface area contributed by atoms with Crippen LogP contribution in [-0.2, 0) is 10.0 Å². The minimum absolute atomic E-state index is 0.382. The largest absolute Gasteiger partial charge is 0.314 e. The lowest BCUT2D eigenvalue weighted by molar-refractivity contribution is 0.357. The SMILES string of the molecule is O=S(=O)(CCF)N1CCNCC1. The molecular weight excluding hydrogens is 183 g/mol. The summed E-state index contributed by atoms with van der Waals surface area (Å²) in [7, 11) is -3.32. The van der Waals surface area contributed by atoms with Crippen LogP contribution in [0, 0.1) is 0 Å². The first-order chi connectivity index (χ1) is 5.67. The second-order valence-corrected chi connectivity index (χ2v) is 4.74. The molecule has 0 aliphatic carbocycles. The molecule has 12 heavy (non-hydrogen) atoms. The molecule has 1 heterocycles. The van der Waals surface area contributed by atoms with Crippen molar-refractivity contribution in [3.8, 4) is 0 Å². The van der Waals surface area contributed by atoms with Crippen LogP contribution in [0.15, 0.2) is 0 Å². The number of alkyl halides is 1. The second kappa shape index (κ2) is 4.15.